The fraction of sp³-hybridized carbons (Fsp3) is 0.367. The van der Waals surface area contributed by atoms with Crippen molar-refractivity contribution < 1.29 is 19.0 Å². The highest BCUT2D eigenvalue weighted by atomic mass is 19.1. The predicted octanol–water partition coefficient (Wildman–Crippen LogP) is 4.98. The van der Waals surface area contributed by atoms with Gasteiger partial charge in [-0.1, -0.05) is 0 Å². The number of aliphatic hydroxyl groups excluding tert-OH is 1. The monoisotopic (exact) mass is 546 g/mol. The van der Waals surface area contributed by atoms with Crippen LogP contribution in [0, 0.1) is 11.7 Å². The number of aromatic nitrogens is 3. The summed E-state index contributed by atoms with van der Waals surface area (Å²) in [7, 11) is 4.00. The van der Waals surface area contributed by atoms with Crippen molar-refractivity contribution in [1.29, 1.82) is 0 Å². The molecule has 0 saturated heterocycles. The molecule has 0 bridgehead atoms. The molecule has 0 atom stereocenters. The summed E-state index contributed by atoms with van der Waals surface area (Å²) in [6.45, 7) is 1.62. The number of aromatic amines is 1. The second-order valence-electron chi connectivity index (χ2n) is 10.5. The Morgan fingerprint density at radius 3 is 2.48 bits per heavy atom. The van der Waals surface area contributed by atoms with Crippen LogP contribution in [-0.2, 0) is 0 Å². The van der Waals surface area contributed by atoms with Crippen molar-refractivity contribution in [2.45, 2.75) is 31.7 Å². The van der Waals surface area contributed by atoms with Gasteiger partial charge in [0.2, 0.25) is 5.95 Å². The van der Waals surface area contributed by atoms with E-state index in [4.69, 9.17) is 9.72 Å². The fourth-order valence-electron chi connectivity index (χ4n) is 4.92. The molecule has 2 aromatic carbocycles. The first-order chi connectivity index (χ1) is 19.4. The average molecular weight is 547 g/mol. The molecular weight excluding hydrogens is 511 g/mol. The van der Waals surface area contributed by atoms with Crippen LogP contribution in [0.5, 0.6) is 5.75 Å². The summed E-state index contributed by atoms with van der Waals surface area (Å²) in [5, 5.41) is 16.9. The van der Waals surface area contributed by atoms with Crippen LogP contribution in [0.2, 0.25) is 0 Å². The molecule has 1 saturated carbocycles. The highest BCUT2D eigenvalue weighted by Crippen LogP contribution is 2.32. The average Bonchev–Trinajstić information content (AvgIpc) is 3.38. The van der Waals surface area contributed by atoms with E-state index >= 15 is 0 Å². The number of ketones is 1. The standard InChI is InChI=1S/C30H35FN6O3/c1-37(2)15-16-40-24-13-11-23(12-14-24)34-30-35-28-26(29(36-30)33-22-9-3-19(18-38)4-10-22)25(17-32-28)27(39)20-5-7-21(31)8-6-20/h5-8,11-14,17,19,22,38H,3-4,9-10,15-16,18H2,1-2H3,(H3,32,33,34,35,36). The maximum absolute atomic E-state index is 13.5. The lowest BCUT2D eigenvalue weighted by Crippen LogP contribution is -2.28. The van der Waals surface area contributed by atoms with Crippen LogP contribution in [-0.4, -0.2) is 70.6 Å². The molecule has 0 spiro atoms. The zero-order chi connectivity index (χ0) is 28.1. The van der Waals surface area contributed by atoms with Gasteiger partial charge in [-0.2, -0.15) is 9.97 Å². The molecule has 5 rings (SSSR count). The lowest BCUT2D eigenvalue weighted by molar-refractivity contribution is 0.104. The Labute approximate surface area is 232 Å². The van der Waals surface area contributed by atoms with Crippen LogP contribution in [0.1, 0.15) is 41.6 Å². The zero-order valence-corrected chi connectivity index (χ0v) is 22.8. The van der Waals surface area contributed by atoms with E-state index in [0.717, 1.165) is 43.7 Å². The van der Waals surface area contributed by atoms with Gasteiger partial charge < -0.3 is 30.4 Å². The third-order valence-corrected chi connectivity index (χ3v) is 7.25. The second-order valence-corrected chi connectivity index (χ2v) is 10.5. The Hall–Kier alpha value is -4.02. The third-order valence-electron chi connectivity index (χ3n) is 7.25. The number of halogens is 1. The lowest BCUT2D eigenvalue weighted by Gasteiger charge is -2.28. The Morgan fingerprint density at radius 2 is 1.80 bits per heavy atom. The number of nitrogens with one attached hydrogen (secondary N) is 3. The second kappa shape index (κ2) is 12.4. The normalized spacial score (nSPS) is 17.2. The van der Waals surface area contributed by atoms with Crippen molar-refractivity contribution in [2.24, 2.45) is 5.92 Å². The van der Waals surface area contributed by atoms with E-state index in [1.165, 1.54) is 24.3 Å². The molecule has 4 aromatic rings. The molecule has 0 unspecified atom stereocenters. The Kier molecular flexibility index (Phi) is 8.57. The Balaban J connectivity index is 1.42. The van der Waals surface area contributed by atoms with Crippen LogP contribution in [0.25, 0.3) is 11.0 Å². The molecule has 2 aromatic heterocycles. The van der Waals surface area contributed by atoms with Crippen LogP contribution in [0.4, 0.5) is 21.8 Å². The van der Waals surface area contributed by atoms with Gasteiger partial charge in [-0.15, -0.1) is 0 Å². The number of ether oxygens (including phenoxy) is 1. The molecule has 1 aliphatic carbocycles. The summed E-state index contributed by atoms with van der Waals surface area (Å²) in [5.74, 6) is 1.38. The van der Waals surface area contributed by atoms with Gasteiger partial charge >= 0.3 is 0 Å². The van der Waals surface area contributed by atoms with Crippen LogP contribution in [0.3, 0.4) is 0 Å². The predicted molar refractivity (Wildman–Crippen MR) is 154 cm³/mol. The van der Waals surface area contributed by atoms with Crippen molar-refractivity contribution in [3.05, 3.63) is 71.7 Å². The minimum atomic E-state index is -0.400. The van der Waals surface area contributed by atoms with Gasteiger partial charge in [0, 0.05) is 36.6 Å². The molecule has 4 N–H and O–H groups in total. The highest BCUT2D eigenvalue weighted by Gasteiger charge is 2.25. The first kappa shape index (κ1) is 27.5. The van der Waals surface area contributed by atoms with Gasteiger partial charge in [0.05, 0.1) is 10.9 Å². The Bertz CT molecular complexity index is 1430. The van der Waals surface area contributed by atoms with E-state index in [1.807, 2.05) is 38.4 Å². The van der Waals surface area contributed by atoms with Gasteiger partial charge in [0.15, 0.2) is 5.78 Å². The van der Waals surface area contributed by atoms with E-state index in [-0.39, 0.29) is 18.4 Å². The number of H-pyrrole nitrogens is 1. The number of anilines is 3. The minimum absolute atomic E-state index is 0.149. The van der Waals surface area contributed by atoms with E-state index in [9.17, 15) is 14.3 Å². The molecule has 9 nitrogen and oxygen atoms in total. The summed E-state index contributed by atoms with van der Waals surface area (Å²) in [5.41, 5.74) is 2.10. The van der Waals surface area contributed by atoms with E-state index in [1.54, 1.807) is 6.20 Å². The number of benzene rings is 2. The maximum Gasteiger partial charge on any atom is 0.231 e. The first-order valence-electron chi connectivity index (χ1n) is 13.6. The van der Waals surface area contributed by atoms with Gasteiger partial charge in [-0.05, 0) is 94.2 Å². The van der Waals surface area contributed by atoms with Crippen molar-refractivity contribution in [3.63, 3.8) is 0 Å². The molecular formula is C30H35FN6O3. The molecule has 0 amide bonds. The van der Waals surface area contributed by atoms with Crippen molar-refractivity contribution in [1.82, 2.24) is 19.9 Å². The minimum Gasteiger partial charge on any atom is -0.492 e. The maximum atomic E-state index is 13.5. The summed E-state index contributed by atoms with van der Waals surface area (Å²) < 4.78 is 19.3. The van der Waals surface area contributed by atoms with Gasteiger partial charge in [0.1, 0.15) is 29.6 Å². The van der Waals surface area contributed by atoms with E-state index < -0.39 is 5.82 Å². The summed E-state index contributed by atoms with van der Waals surface area (Å²) >= 11 is 0. The smallest absolute Gasteiger partial charge is 0.231 e. The SMILES string of the molecule is CN(C)CCOc1ccc(Nc2nc(NC3CCC(CO)CC3)c3c(C(=O)c4ccc(F)cc4)c[nH]c3n2)cc1. The fourth-order valence-corrected chi connectivity index (χ4v) is 4.92. The van der Waals surface area contributed by atoms with Crippen molar-refractivity contribution in [3.8, 4) is 5.75 Å². The number of carbonyl (C=O) groups excluding carboxylic acids is 1. The van der Waals surface area contributed by atoms with Crippen molar-refractivity contribution >= 4 is 34.3 Å². The lowest BCUT2D eigenvalue weighted by atomic mass is 9.86. The molecule has 0 aliphatic heterocycles. The Morgan fingerprint density at radius 1 is 1.07 bits per heavy atom. The molecule has 10 heteroatoms. The molecule has 1 fully saturated rings. The van der Waals surface area contributed by atoms with Gasteiger partial charge in [-0.25, -0.2) is 4.39 Å². The summed E-state index contributed by atoms with van der Waals surface area (Å²) in [6, 6.07) is 13.2. The summed E-state index contributed by atoms with van der Waals surface area (Å²) in [4.78, 5) is 28.0. The number of carbonyl (C=O) groups is 1. The highest BCUT2D eigenvalue weighted by molar-refractivity contribution is 6.18. The summed E-state index contributed by atoms with van der Waals surface area (Å²) in [6.07, 6.45) is 5.25. The number of likely N-dealkylation sites (N-methyl/N-ethyl adjacent to an activating group) is 1. The number of hydrogen-bond acceptors (Lipinski definition) is 8. The first-order valence-corrected chi connectivity index (χ1v) is 13.6. The van der Waals surface area contributed by atoms with Gasteiger partial charge in [-0.3, -0.25) is 4.79 Å². The van der Waals surface area contributed by atoms with E-state index in [2.05, 4.69) is 25.5 Å². The molecule has 40 heavy (non-hydrogen) atoms. The molecule has 210 valence electrons. The molecule has 2 heterocycles. The number of hydrogen-bond donors (Lipinski definition) is 4. The largest absolute Gasteiger partial charge is 0.492 e. The van der Waals surface area contributed by atoms with Crippen molar-refractivity contribution in [2.75, 3.05) is 44.5 Å². The van der Waals surface area contributed by atoms with Crippen LogP contribution >= 0.6 is 0 Å². The number of aliphatic hydroxyl groups is 1. The molecule has 0 radical (unpaired) electrons. The number of rotatable bonds is 11. The quantitative estimate of drug-likeness (QED) is 0.195. The third kappa shape index (κ3) is 6.57. The number of nitrogens with zero attached hydrogens (tertiary/aromatic N) is 3. The van der Waals surface area contributed by atoms with Crippen LogP contribution in [0.15, 0.2) is 54.7 Å². The zero-order valence-electron chi connectivity index (χ0n) is 22.8. The van der Waals surface area contributed by atoms with E-state index in [0.29, 0.717) is 46.5 Å². The van der Waals surface area contributed by atoms with Gasteiger partial charge in [0.25, 0.3) is 0 Å². The van der Waals surface area contributed by atoms with Crippen LogP contribution < -0.4 is 15.4 Å². The number of fused-ring (bicyclic) bond motifs is 1. The topological polar surface area (TPSA) is 115 Å². The molecule has 1 aliphatic rings.